The molecule has 0 aliphatic carbocycles. The van der Waals surface area contributed by atoms with Crippen LogP contribution >= 0.6 is 23.2 Å². The molecule has 0 saturated carbocycles. The first-order valence-electron chi connectivity index (χ1n) is 7.90. The first-order chi connectivity index (χ1) is 10.4. The quantitative estimate of drug-likeness (QED) is 0.628. The summed E-state index contributed by atoms with van der Waals surface area (Å²) in [5, 5.41) is 11.5. The number of aliphatic hydroxyl groups is 1. The van der Waals surface area contributed by atoms with Crippen molar-refractivity contribution in [2.45, 2.75) is 38.7 Å². The minimum absolute atomic E-state index is 0.251. The van der Waals surface area contributed by atoms with Gasteiger partial charge in [-0.15, -0.1) is 0 Å². The Kier molecular flexibility index (Phi) is 9.11. The first-order valence-corrected chi connectivity index (χ1v) is 8.65. The average Bonchev–Trinajstić information content (AvgIpc) is 2.47. The van der Waals surface area contributed by atoms with Crippen LogP contribution in [0.15, 0.2) is 24.3 Å². The van der Waals surface area contributed by atoms with Crippen molar-refractivity contribution in [2.75, 3.05) is 20.6 Å². The maximum absolute atomic E-state index is 10.5. The Morgan fingerprint density at radius 2 is 1.91 bits per heavy atom. The highest BCUT2D eigenvalue weighted by Gasteiger charge is 2.17. The van der Waals surface area contributed by atoms with Crippen molar-refractivity contribution < 1.29 is 5.11 Å². The highest BCUT2D eigenvalue weighted by atomic mass is 35.5. The second-order valence-electron chi connectivity index (χ2n) is 6.04. The molecule has 2 nitrogen and oxygen atoms in total. The summed E-state index contributed by atoms with van der Waals surface area (Å²) in [5.41, 5.74) is 0.950. The van der Waals surface area contributed by atoms with Crippen molar-refractivity contribution >= 4 is 29.3 Å². The van der Waals surface area contributed by atoms with Gasteiger partial charge in [0.25, 0.3) is 0 Å². The second kappa shape index (κ2) is 10.3. The second-order valence-corrected chi connectivity index (χ2v) is 6.86. The molecule has 0 amide bonds. The Bertz CT molecular complexity index is 474. The zero-order valence-corrected chi connectivity index (χ0v) is 15.2. The van der Waals surface area contributed by atoms with Gasteiger partial charge in [0.05, 0.1) is 16.1 Å². The number of unbranched alkanes of at least 4 members (excludes halogenated alkanes) is 2. The van der Waals surface area contributed by atoms with Crippen molar-refractivity contribution in [3.05, 3.63) is 39.9 Å². The van der Waals surface area contributed by atoms with Crippen LogP contribution in [-0.4, -0.2) is 36.8 Å². The van der Waals surface area contributed by atoms with E-state index in [4.69, 9.17) is 23.2 Å². The minimum Gasteiger partial charge on any atom is -0.389 e. The lowest BCUT2D eigenvalue weighted by molar-refractivity contribution is 0.122. The molecule has 4 heteroatoms. The molecule has 0 spiro atoms. The fourth-order valence-electron chi connectivity index (χ4n) is 2.48. The number of halogens is 2. The molecule has 1 rings (SSSR count). The Balaban J connectivity index is 2.68. The van der Waals surface area contributed by atoms with Gasteiger partial charge in [-0.2, -0.15) is 0 Å². The fraction of sp³-hybridized carbons (Fsp3) is 0.556. The largest absolute Gasteiger partial charge is 0.389 e. The third-order valence-electron chi connectivity index (χ3n) is 3.69. The third-order valence-corrected chi connectivity index (χ3v) is 4.43. The van der Waals surface area contributed by atoms with Crippen molar-refractivity contribution in [2.24, 2.45) is 5.92 Å². The Labute approximate surface area is 144 Å². The number of aliphatic hydroxyl groups excluding tert-OH is 1. The van der Waals surface area contributed by atoms with E-state index >= 15 is 0 Å². The van der Waals surface area contributed by atoms with E-state index in [9.17, 15) is 5.11 Å². The molecule has 0 aromatic heterocycles. The SMILES string of the molecule is CCCCC[C@@H](CN(C)C)[C@H](O)/C=C\c1ccc(Cl)c(Cl)c1. The number of hydrogen-bond donors (Lipinski definition) is 1. The van der Waals surface area contributed by atoms with E-state index in [1.165, 1.54) is 12.8 Å². The lowest BCUT2D eigenvalue weighted by Gasteiger charge is -2.24. The van der Waals surface area contributed by atoms with Gasteiger partial charge in [0.15, 0.2) is 0 Å². The summed E-state index contributed by atoms with van der Waals surface area (Å²) in [5.74, 6) is 0.251. The van der Waals surface area contributed by atoms with Crippen molar-refractivity contribution in [1.29, 1.82) is 0 Å². The minimum atomic E-state index is -0.450. The van der Waals surface area contributed by atoms with Crippen molar-refractivity contribution in [3.8, 4) is 0 Å². The topological polar surface area (TPSA) is 23.5 Å². The predicted octanol–water partition coefficient (Wildman–Crippen LogP) is 5.13. The molecule has 1 aromatic rings. The molecule has 22 heavy (non-hydrogen) atoms. The molecule has 0 bridgehead atoms. The van der Waals surface area contributed by atoms with E-state index in [-0.39, 0.29) is 5.92 Å². The Hall–Kier alpha value is -0.540. The third kappa shape index (κ3) is 7.15. The van der Waals surface area contributed by atoms with E-state index in [0.717, 1.165) is 24.9 Å². The molecular formula is C18H27Cl2NO. The highest BCUT2D eigenvalue weighted by Crippen LogP contribution is 2.24. The molecule has 0 aliphatic rings. The lowest BCUT2D eigenvalue weighted by Crippen LogP contribution is -2.30. The van der Waals surface area contributed by atoms with E-state index in [1.54, 1.807) is 6.07 Å². The summed E-state index contributed by atoms with van der Waals surface area (Å²) in [4.78, 5) is 2.13. The van der Waals surface area contributed by atoms with Crippen molar-refractivity contribution in [3.63, 3.8) is 0 Å². The predicted molar refractivity (Wildman–Crippen MR) is 97.7 cm³/mol. The molecule has 0 heterocycles. The van der Waals surface area contributed by atoms with Crippen LogP contribution in [0.4, 0.5) is 0 Å². The van der Waals surface area contributed by atoms with Crippen LogP contribution in [0.2, 0.25) is 10.0 Å². The molecule has 0 radical (unpaired) electrons. The van der Waals surface area contributed by atoms with Crippen LogP contribution in [0.25, 0.3) is 6.08 Å². The number of nitrogens with zero attached hydrogens (tertiary/aromatic N) is 1. The Morgan fingerprint density at radius 1 is 1.18 bits per heavy atom. The summed E-state index contributed by atoms with van der Waals surface area (Å²) >= 11 is 11.9. The van der Waals surface area contributed by atoms with Gasteiger partial charge in [-0.25, -0.2) is 0 Å². The smallest absolute Gasteiger partial charge is 0.0764 e. The van der Waals surface area contributed by atoms with Crippen LogP contribution in [0, 0.1) is 5.92 Å². The molecule has 0 aliphatic heterocycles. The summed E-state index contributed by atoms with van der Waals surface area (Å²) in [6, 6.07) is 5.48. The van der Waals surface area contributed by atoms with E-state index in [0.29, 0.717) is 10.0 Å². The maximum Gasteiger partial charge on any atom is 0.0764 e. The highest BCUT2D eigenvalue weighted by molar-refractivity contribution is 6.42. The molecule has 124 valence electrons. The van der Waals surface area contributed by atoms with Crippen LogP contribution in [0.3, 0.4) is 0 Å². The summed E-state index contributed by atoms with van der Waals surface area (Å²) in [6.45, 7) is 3.08. The van der Waals surface area contributed by atoms with Gasteiger partial charge in [-0.1, -0.05) is 67.6 Å². The van der Waals surface area contributed by atoms with Crippen LogP contribution in [-0.2, 0) is 0 Å². The standard InChI is InChI=1S/C18H27Cl2NO/c1-4-5-6-7-15(13-21(2)3)18(22)11-9-14-8-10-16(19)17(20)12-14/h8-12,15,18,22H,4-7,13H2,1-3H3/b11-9-/t15-,18+/m0/s1. The Morgan fingerprint density at radius 3 is 2.50 bits per heavy atom. The molecular weight excluding hydrogens is 317 g/mol. The monoisotopic (exact) mass is 343 g/mol. The number of benzene rings is 1. The zero-order chi connectivity index (χ0) is 16.5. The molecule has 0 unspecified atom stereocenters. The fourth-order valence-corrected chi connectivity index (χ4v) is 2.79. The maximum atomic E-state index is 10.5. The average molecular weight is 344 g/mol. The van der Waals surface area contributed by atoms with Gasteiger partial charge in [-0.05, 0) is 38.2 Å². The van der Waals surface area contributed by atoms with Crippen molar-refractivity contribution in [1.82, 2.24) is 4.90 Å². The summed E-state index contributed by atoms with van der Waals surface area (Å²) in [6.07, 6.45) is 7.94. The van der Waals surface area contributed by atoms with Crippen LogP contribution < -0.4 is 0 Å². The van der Waals surface area contributed by atoms with E-state index < -0.39 is 6.10 Å². The normalized spacial score (nSPS) is 14.7. The van der Waals surface area contributed by atoms with Crippen LogP contribution in [0.5, 0.6) is 0 Å². The first kappa shape index (κ1) is 19.5. The molecule has 1 N–H and O–H groups in total. The van der Waals surface area contributed by atoms with Gasteiger partial charge in [0.2, 0.25) is 0 Å². The van der Waals surface area contributed by atoms with Gasteiger partial charge in [-0.3, -0.25) is 0 Å². The van der Waals surface area contributed by atoms with E-state index in [1.807, 2.05) is 38.4 Å². The summed E-state index contributed by atoms with van der Waals surface area (Å²) in [7, 11) is 4.09. The lowest BCUT2D eigenvalue weighted by atomic mass is 9.94. The summed E-state index contributed by atoms with van der Waals surface area (Å²) < 4.78 is 0. The molecule has 0 saturated heterocycles. The number of hydrogen-bond acceptors (Lipinski definition) is 2. The van der Waals surface area contributed by atoms with E-state index in [2.05, 4.69) is 11.8 Å². The van der Waals surface area contributed by atoms with Gasteiger partial charge < -0.3 is 10.0 Å². The zero-order valence-electron chi connectivity index (χ0n) is 13.7. The molecule has 0 fully saturated rings. The van der Waals surface area contributed by atoms with Crippen LogP contribution in [0.1, 0.15) is 38.2 Å². The van der Waals surface area contributed by atoms with Gasteiger partial charge >= 0.3 is 0 Å². The van der Waals surface area contributed by atoms with Gasteiger partial charge in [0, 0.05) is 12.5 Å². The molecule has 1 aromatic carbocycles. The van der Waals surface area contributed by atoms with Gasteiger partial charge in [0.1, 0.15) is 0 Å². The molecule has 2 atom stereocenters. The number of rotatable bonds is 9.